The Labute approximate surface area is 268 Å². The number of rotatable bonds is 13. The van der Waals surface area contributed by atoms with E-state index in [1.807, 2.05) is 38.7 Å². The van der Waals surface area contributed by atoms with Gasteiger partial charge in [-0.2, -0.15) is 0 Å². The van der Waals surface area contributed by atoms with Crippen LogP contribution in [0.1, 0.15) is 73.0 Å². The molecular weight excluding hydrogens is 603 g/mol. The Bertz CT molecular complexity index is 1290. The van der Waals surface area contributed by atoms with Gasteiger partial charge < -0.3 is 20.4 Å². The summed E-state index contributed by atoms with van der Waals surface area (Å²) in [5, 5.41) is 7.51. The number of unbranched alkanes of at least 4 members (excludes halogenated alkanes) is 1. The van der Waals surface area contributed by atoms with Crippen LogP contribution in [0.25, 0.3) is 0 Å². The summed E-state index contributed by atoms with van der Waals surface area (Å²) in [4.78, 5) is 47.9. The van der Waals surface area contributed by atoms with Gasteiger partial charge >= 0.3 is 0 Å². The van der Waals surface area contributed by atoms with E-state index in [2.05, 4.69) is 20.4 Å². The smallest absolute Gasteiger partial charge is 0.254 e. The van der Waals surface area contributed by atoms with Crippen LogP contribution >= 0.6 is 11.3 Å². The van der Waals surface area contributed by atoms with E-state index in [-0.39, 0.29) is 30.8 Å². The molecule has 0 spiro atoms. The molecule has 2 N–H and O–H groups in total. The Kier molecular flexibility index (Phi) is 12.8. The number of carbonyl (C=O) groups excluding carboxylic acids is 3. The topological polar surface area (TPSA) is 85.0 Å². The first kappa shape index (κ1) is 34.9. The lowest BCUT2D eigenvalue weighted by molar-refractivity contribution is -0.142. The van der Waals surface area contributed by atoms with Crippen molar-refractivity contribution in [3.8, 4) is 0 Å². The molecule has 0 radical (unpaired) electrons. The van der Waals surface area contributed by atoms with Crippen LogP contribution in [0.15, 0.2) is 29.6 Å². The molecule has 3 amide bonds. The van der Waals surface area contributed by atoms with Crippen LogP contribution in [0.5, 0.6) is 0 Å². The number of hydrogen-bond donors (Lipinski definition) is 2. The summed E-state index contributed by atoms with van der Waals surface area (Å²) in [5.74, 6) is -6.07. The number of likely N-dealkylation sites (tertiary alicyclic amines) is 1. The van der Waals surface area contributed by atoms with Crippen LogP contribution in [-0.2, 0) is 16.1 Å². The standard InChI is InChI=1S/C33H46F3N5O3S/c1-39(2)15-8-7-13-30(40(3)22-10-5-4-6-11-22)33(44)41-16-14-29(25(21-41)31(42)37-20-23-12-9-17-45-23)38-32(43)24-18-27(35)28(36)19-26(24)34/h9,12,17-19,22,25,29-30H,4-8,10-11,13-16,20-21H2,1-3H3,(H,37,42)(H,38,43)/t25-,29+,30+/m0/s1. The Balaban J connectivity index is 1.52. The van der Waals surface area contributed by atoms with Crippen molar-refractivity contribution in [3.05, 3.63) is 57.5 Å². The fourth-order valence-electron chi connectivity index (χ4n) is 6.47. The number of benzene rings is 1. The summed E-state index contributed by atoms with van der Waals surface area (Å²) in [6.45, 7) is 1.60. The first-order valence-corrected chi connectivity index (χ1v) is 16.8. The van der Waals surface area contributed by atoms with Crippen molar-refractivity contribution in [1.29, 1.82) is 0 Å². The third kappa shape index (κ3) is 9.52. The Morgan fingerprint density at radius 1 is 1.00 bits per heavy atom. The third-order valence-electron chi connectivity index (χ3n) is 9.11. The molecule has 4 rings (SSSR count). The molecule has 0 bridgehead atoms. The van der Waals surface area contributed by atoms with E-state index in [0.717, 1.165) is 49.9 Å². The molecule has 45 heavy (non-hydrogen) atoms. The van der Waals surface area contributed by atoms with E-state index in [1.165, 1.54) is 17.8 Å². The average Bonchev–Trinajstić information content (AvgIpc) is 3.55. The lowest BCUT2D eigenvalue weighted by Crippen LogP contribution is -2.60. The van der Waals surface area contributed by atoms with Gasteiger partial charge in [-0.25, -0.2) is 13.2 Å². The van der Waals surface area contributed by atoms with E-state index in [9.17, 15) is 27.6 Å². The maximum Gasteiger partial charge on any atom is 0.254 e. The van der Waals surface area contributed by atoms with Gasteiger partial charge in [-0.1, -0.05) is 31.7 Å². The van der Waals surface area contributed by atoms with Gasteiger partial charge in [-0.15, -0.1) is 11.3 Å². The molecule has 2 heterocycles. The molecule has 1 aromatic carbocycles. The highest BCUT2D eigenvalue weighted by Gasteiger charge is 2.40. The summed E-state index contributed by atoms with van der Waals surface area (Å²) < 4.78 is 41.8. The van der Waals surface area contributed by atoms with E-state index in [1.54, 1.807) is 4.90 Å². The lowest BCUT2D eigenvalue weighted by Gasteiger charge is -2.42. The highest BCUT2D eigenvalue weighted by Crippen LogP contribution is 2.27. The van der Waals surface area contributed by atoms with Gasteiger partial charge in [0.15, 0.2) is 11.6 Å². The van der Waals surface area contributed by atoms with Gasteiger partial charge in [0.1, 0.15) is 5.82 Å². The number of likely N-dealkylation sites (N-methyl/N-ethyl adjacent to an activating group) is 1. The second-order valence-electron chi connectivity index (χ2n) is 12.6. The summed E-state index contributed by atoms with van der Waals surface area (Å²) in [6, 6.07) is 3.89. The molecule has 2 fully saturated rings. The number of amides is 3. The molecular formula is C33H46F3N5O3S. The normalized spacial score (nSPS) is 20.0. The predicted molar refractivity (Wildman–Crippen MR) is 169 cm³/mol. The summed E-state index contributed by atoms with van der Waals surface area (Å²) in [7, 11) is 6.10. The zero-order valence-corrected chi connectivity index (χ0v) is 27.3. The molecule has 8 nitrogen and oxygen atoms in total. The molecule has 0 unspecified atom stereocenters. The number of halogens is 3. The predicted octanol–water partition coefficient (Wildman–Crippen LogP) is 4.79. The molecule has 1 saturated heterocycles. The number of nitrogens with one attached hydrogen (secondary N) is 2. The molecule has 3 atom stereocenters. The molecule has 2 aliphatic rings. The molecule has 1 aliphatic heterocycles. The van der Waals surface area contributed by atoms with E-state index in [4.69, 9.17) is 0 Å². The van der Waals surface area contributed by atoms with Gasteiger partial charge in [0.05, 0.1) is 24.1 Å². The van der Waals surface area contributed by atoms with Crippen LogP contribution in [-0.4, -0.2) is 91.3 Å². The van der Waals surface area contributed by atoms with Crippen molar-refractivity contribution < 1.29 is 27.6 Å². The van der Waals surface area contributed by atoms with Crippen LogP contribution in [0, 0.1) is 23.4 Å². The summed E-state index contributed by atoms with van der Waals surface area (Å²) in [6.07, 6.45) is 8.43. The van der Waals surface area contributed by atoms with Crippen molar-refractivity contribution in [2.45, 2.75) is 82.5 Å². The number of nitrogens with zero attached hydrogens (tertiary/aromatic N) is 3. The molecule has 1 aliphatic carbocycles. The number of carbonyl (C=O) groups is 3. The maximum absolute atomic E-state index is 14.4. The van der Waals surface area contributed by atoms with Gasteiger partial charge in [-0.3, -0.25) is 19.3 Å². The Hall–Kier alpha value is -2.96. The van der Waals surface area contributed by atoms with Crippen molar-refractivity contribution in [3.63, 3.8) is 0 Å². The van der Waals surface area contributed by atoms with Crippen LogP contribution in [0.2, 0.25) is 0 Å². The monoisotopic (exact) mass is 649 g/mol. The van der Waals surface area contributed by atoms with Gasteiger partial charge in [0, 0.05) is 36.1 Å². The van der Waals surface area contributed by atoms with Gasteiger partial charge in [-0.05, 0) is 77.3 Å². The van der Waals surface area contributed by atoms with Crippen LogP contribution in [0.3, 0.4) is 0 Å². The lowest BCUT2D eigenvalue weighted by atomic mass is 9.89. The van der Waals surface area contributed by atoms with Gasteiger partial charge in [0.25, 0.3) is 5.91 Å². The molecule has 12 heteroatoms. The SMILES string of the molecule is CN(C)CCCC[C@H](C(=O)N1CC[C@@H](NC(=O)c2cc(F)c(F)cc2F)[C@@H](C(=O)NCc2cccs2)C1)N(C)C1CCCCC1. The fraction of sp³-hybridized carbons (Fsp3) is 0.606. The van der Waals surface area contributed by atoms with E-state index in [0.29, 0.717) is 37.7 Å². The molecule has 1 saturated carbocycles. The van der Waals surface area contributed by atoms with E-state index < -0.39 is 40.9 Å². The van der Waals surface area contributed by atoms with Crippen molar-refractivity contribution in [1.82, 2.24) is 25.3 Å². The first-order valence-electron chi connectivity index (χ1n) is 16.0. The first-order chi connectivity index (χ1) is 21.5. The van der Waals surface area contributed by atoms with Crippen molar-refractivity contribution in [2.24, 2.45) is 5.92 Å². The maximum atomic E-state index is 14.4. The minimum Gasteiger partial charge on any atom is -0.351 e. The highest BCUT2D eigenvalue weighted by atomic mass is 32.1. The zero-order valence-electron chi connectivity index (χ0n) is 26.5. The largest absolute Gasteiger partial charge is 0.351 e. The quantitative estimate of drug-likeness (QED) is 0.241. The summed E-state index contributed by atoms with van der Waals surface area (Å²) >= 11 is 1.50. The molecule has 1 aromatic heterocycles. The van der Waals surface area contributed by atoms with Crippen LogP contribution < -0.4 is 10.6 Å². The highest BCUT2D eigenvalue weighted by molar-refractivity contribution is 7.09. The third-order valence-corrected chi connectivity index (χ3v) is 9.99. The van der Waals surface area contributed by atoms with Crippen LogP contribution in [0.4, 0.5) is 13.2 Å². The van der Waals surface area contributed by atoms with Crippen molar-refractivity contribution >= 4 is 29.1 Å². The molecule has 2 aromatic rings. The Morgan fingerprint density at radius 2 is 1.73 bits per heavy atom. The number of hydrogen-bond acceptors (Lipinski definition) is 6. The van der Waals surface area contributed by atoms with E-state index >= 15 is 0 Å². The number of piperidine rings is 1. The Morgan fingerprint density at radius 3 is 2.42 bits per heavy atom. The molecule has 248 valence electrons. The second kappa shape index (κ2) is 16.6. The summed E-state index contributed by atoms with van der Waals surface area (Å²) in [5.41, 5.74) is -0.642. The van der Waals surface area contributed by atoms with Gasteiger partial charge in [0.2, 0.25) is 11.8 Å². The average molecular weight is 650 g/mol. The second-order valence-corrected chi connectivity index (χ2v) is 13.6. The van der Waals surface area contributed by atoms with Crippen molar-refractivity contribution in [2.75, 3.05) is 40.8 Å². The zero-order chi connectivity index (χ0) is 32.5. The number of thiophene rings is 1. The fourth-order valence-corrected chi connectivity index (χ4v) is 7.12. The minimum atomic E-state index is -1.39. The minimum absolute atomic E-state index is 0.0274.